The Morgan fingerprint density at radius 2 is 1.95 bits per heavy atom. The van der Waals surface area contributed by atoms with Crippen LogP contribution in [0.15, 0.2) is 23.3 Å². The molecular weight excluding hydrogens is 270 g/mol. The van der Waals surface area contributed by atoms with E-state index < -0.39 is 41.9 Å². The van der Waals surface area contributed by atoms with Crippen molar-refractivity contribution in [1.29, 1.82) is 0 Å². The van der Waals surface area contributed by atoms with Crippen molar-refractivity contribution in [3.05, 3.63) is 45.6 Å². The van der Waals surface area contributed by atoms with Crippen molar-refractivity contribution in [2.75, 3.05) is 6.54 Å². The average molecular weight is 279 g/mol. The summed E-state index contributed by atoms with van der Waals surface area (Å²) in [6, 6.07) is 1.46. The first kappa shape index (κ1) is 15.2. The topological polar surface area (TPSA) is 89.2 Å². The van der Waals surface area contributed by atoms with Gasteiger partial charge >= 0.3 is 6.18 Å². The van der Waals surface area contributed by atoms with Crippen molar-refractivity contribution in [1.82, 2.24) is 0 Å². The van der Waals surface area contributed by atoms with Gasteiger partial charge in [-0.25, -0.2) is 4.39 Å². The maximum absolute atomic E-state index is 13.3. The van der Waals surface area contributed by atoms with Gasteiger partial charge in [-0.1, -0.05) is 5.11 Å². The highest BCUT2D eigenvalue weighted by Crippen LogP contribution is 2.32. The molecule has 5 nitrogen and oxygen atoms in total. The van der Waals surface area contributed by atoms with Gasteiger partial charge in [0.1, 0.15) is 11.9 Å². The Morgan fingerprint density at radius 1 is 1.32 bits per heavy atom. The van der Waals surface area contributed by atoms with E-state index in [-0.39, 0.29) is 0 Å². The zero-order valence-corrected chi connectivity index (χ0v) is 9.34. The monoisotopic (exact) mass is 279 g/mol. The lowest BCUT2D eigenvalue weighted by molar-refractivity contribution is -0.137. The van der Waals surface area contributed by atoms with Gasteiger partial charge in [0.2, 0.25) is 0 Å². The van der Waals surface area contributed by atoms with Gasteiger partial charge in [0, 0.05) is 10.5 Å². The highest BCUT2D eigenvalue weighted by Gasteiger charge is 2.32. The third-order valence-electron chi connectivity index (χ3n) is 2.34. The second-order valence-electron chi connectivity index (χ2n) is 3.66. The molecule has 0 heterocycles. The van der Waals surface area contributed by atoms with Gasteiger partial charge in [-0.15, -0.1) is 0 Å². The zero-order chi connectivity index (χ0) is 14.6. The first-order chi connectivity index (χ1) is 8.77. The number of aliphatic hydroxyl groups is 2. The minimum absolute atomic E-state index is 0.402. The highest BCUT2D eigenvalue weighted by atomic mass is 19.4. The molecule has 2 unspecified atom stereocenters. The molecule has 1 aromatic carbocycles. The fourth-order valence-corrected chi connectivity index (χ4v) is 1.37. The van der Waals surface area contributed by atoms with Gasteiger partial charge < -0.3 is 10.2 Å². The summed E-state index contributed by atoms with van der Waals surface area (Å²) < 4.78 is 50.6. The van der Waals surface area contributed by atoms with Crippen molar-refractivity contribution < 1.29 is 27.8 Å². The summed E-state index contributed by atoms with van der Waals surface area (Å²) in [7, 11) is 0. The smallest absolute Gasteiger partial charge is 0.390 e. The van der Waals surface area contributed by atoms with Crippen LogP contribution in [-0.4, -0.2) is 22.9 Å². The molecule has 0 amide bonds. The lowest BCUT2D eigenvalue weighted by Gasteiger charge is -2.18. The summed E-state index contributed by atoms with van der Waals surface area (Å²) in [4.78, 5) is 2.31. The van der Waals surface area contributed by atoms with E-state index in [0.717, 1.165) is 0 Å². The minimum atomic E-state index is -4.70. The van der Waals surface area contributed by atoms with Crippen LogP contribution < -0.4 is 0 Å². The van der Waals surface area contributed by atoms with Crippen molar-refractivity contribution in [2.45, 2.75) is 18.4 Å². The first-order valence-corrected chi connectivity index (χ1v) is 5.01. The molecule has 0 aromatic heterocycles. The lowest BCUT2D eigenvalue weighted by Crippen LogP contribution is -2.22. The molecule has 0 aliphatic carbocycles. The average Bonchev–Trinajstić information content (AvgIpc) is 2.34. The van der Waals surface area contributed by atoms with Crippen LogP contribution in [0.1, 0.15) is 17.2 Å². The molecule has 0 saturated carbocycles. The molecule has 0 fully saturated rings. The fourth-order valence-electron chi connectivity index (χ4n) is 1.37. The maximum atomic E-state index is 13.3. The van der Waals surface area contributed by atoms with E-state index in [1.54, 1.807) is 0 Å². The second-order valence-corrected chi connectivity index (χ2v) is 3.66. The number of hydrogen-bond acceptors (Lipinski definition) is 3. The van der Waals surface area contributed by atoms with Gasteiger partial charge in [-0.2, -0.15) is 13.2 Å². The van der Waals surface area contributed by atoms with E-state index in [2.05, 4.69) is 10.0 Å². The van der Waals surface area contributed by atoms with E-state index in [1.807, 2.05) is 0 Å². The number of alkyl halides is 3. The number of benzene rings is 1. The van der Waals surface area contributed by atoms with E-state index >= 15 is 0 Å². The molecular formula is C10H9F4N3O2. The Bertz CT molecular complexity index is 500. The van der Waals surface area contributed by atoms with Crippen molar-refractivity contribution in [3.8, 4) is 0 Å². The molecule has 0 saturated heterocycles. The molecule has 0 spiro atoms. The van der Waals surface area contributed by atoms with Crippen LogP contribution in [0.4, 0.5) is 17.6 Å². The fraction of sp³-hybridized carbons (Fsp3) is 0.400. The number of halogens is 4. The second kappa shape index (κ2) is 5.87. The molecule has 2 N–H and O–H groups in total. The molecule has 19 heavy (non-hydrogen) atoms. The van der Waals surface area contributed by atoms with Crippen LogP contribution in [0.25, 0.3) is 10.4 Å². The molecule has 1 rings (SSSR count). The molecule has 1 aromatic rings. The number of rotatable bonds is 4. The van der Waals surface area contributed by atoms with Gasteiger partial charge in [0.05, 0.1) is 18.2 Å². The number of aliphatic hydroxyl groups excluding tert-OH is 2. The Balaban J connectivity index is 3.08. The largest absolute Gasteiger partial charge is 0.416 e. The predicted molar refractivity (Wildman–Crippen MR) is 56.4 cm³/mol. The van der Waals surface area contributed by atoms with Gasteiger partial charge in [-0.05, 0) is 23.7 Å². The third-order valence-corrected chi connectivity index (χ3v) is 2.34. The van der Waals surface area contributed by atoms with E-state index in [4.69, 9.17) is 5.53 Å². The van der Waals surface area contributed by atoms with Crippen LogP contribution in [0.3, 0.4) is 0 Å². The van der Waals surface area contributed by atoms with Crippen LogP contribution in [0.5, 0.6) is 0 Å². The molecule has 0 radical (unpaired) electrons. The zero-order valence-electron chi connectivity index (χ0n) is 9.34. The number of hydrogen-bond donors (Lipinski definition) is 2. The molecule has 0 bridgehead atoms. The first-order valence-electron chi connectivity index (χ1n) is 5.01. The lowest BCUT2D eigenvalue weighted by atomic mass is 10.0. The third kappa shape index (κ3) is 3.82. The van der Waals surface area contributed by atoms with E-state index in [1.165, 1.54) is 0 Å². The quantitative estimate of drug-likeness (QED) is 0.384. The molecule has 2 atom stereocenters. The van der Waals surface area contributed by atoms with Crippen molar-refractivity contribution in [3.63, 3.8) is 0 Å². The minimum Gasteiger partial charge on any atom is -0.390 e. The Labute approximate surface area is 104 Å². The molecule has 104 valence electrons. The van der Waals surface area contributed by atoms with Gasteiger partial charge in [0.25, 0.3) is 0 Å². The predicted octanol–water partition coefficient (Wildman–Crippen LogP) is 2.55. The normalized spacial score (nSPS) is 14.6. The molecule has 0 aliphatic heterocycles. The van der Waals surface area contributed by atoms with Crippen LogP contribution in [0.2, 0.25) is 0 Å². The SMILES string of the molecule is [N-]=[N+]=NCC(O)C(O)c1cc(C(F)(F)F)ccc1F. The van der Waals surface area contributed by atoms with Gasteiger partial charge in [-0.3, -0.25) is 0 Å². The summed E-state index contributed by atoms with van der Waals surface area (Å²) in [6.45, 7) is -0.590. The van der Waals surface area contributed by atoms with Crippen LogP contribution >= 0.6 is 0 Å². The number of azide groups is 1. The summed E-state index contributed by atoms with van der Waals surface area (Å²) in [5.74, 6) is -1.10. The summed E-state index contributed by atoms with van der Waals surface area (Å²) in [5, 5.41) is 21.8. The summed E-state index contributed by atoms with van der Waals surface area (Å²) in [5.41, 5.74) is 6.15. The van der Waals surface area contributed by atoms with E-state index in [9.17, 15) is 27.8 Å². The van der Waals surface area contributed by atoms with E-state index in [0.29, 0.717) is 18.2 Å². The standard InChI is InChI=1S/C10H9F4N3O2/c11-7-2-1-5(10(12,13)14)3-6(7)9(19)8(18)4-16-17-15/h1-3,8-9,18-19H,4H2. The number of nitrogens with zero attached hydrogens (tertiary/aromatic N) is 3. The van der Waals surface area contributed by atoms with Crippen LogP contribution in [-0.2, 0) is 6.18 Å². The van der Waals surface area contributed by atoms with Crippen molar-refractivity contribution in [2.24, 2.45) is 5.11 Å². The summed E-state index contributed by atoms with van der Waals surface area (Å²) in [6.07, 6.45) is -8.32. The Hall–Kier alpha value is -1.83. The van der Waals surface area contributed by atoms with Crippen molar-refractivity contribution >= 4 is 0 Å². The maximum Gasteiger partial charge on any atom is 0.416 e. The molecule has 9 heteroatoms. The molecule has 0 aliphatic rings. The Morgan fingerprint density at radius 3 is 2.47 bits per heavy atom. The van der Waals surface area contributed by atoms with Gasteiger partial charge in [0.15, 0.2) is 0 Å². The van der Waals surface area contributed by atoms with Crippen LogP contribution in [0, 0.1) is 5.82 Å². The highest BCUT2D eigenvalue weighted by molar-refractivity contribution is 5.29. The summed E-state index contributed by atoms with van der Waals surface area (Å²) >= 11 is 0. The Kier molecular flexibility index (Phi) is 4.71.